The molecule has 0 aliphatic rings. The lowest BCUT2D eigenvalue weighted by Gasteiger charge is -2.11. The maximum Gasteiger partial charge on any atom is 0.205 e. The second kappa shape index (κ2) is 2.97. The van der Waals surface area contributed by atoms with E-state index in [1.165, 1.54) is 6.92 Å². The number of hydrogen-bond donors (Lipinski definition) is 0. The molecule has 0 radical (unpaired) electrons. The number of anilines is 1. The van der Waals surface area contributed by atoms with Gasteiger partial charge in [0.05, 0.1) is 6.20 Å². The first kappa shape index (κ1) is 8.77. The summed E-state index contributed by atoms with van der Waals surface area (Å²) in [4.78, 5) is 17.0. The van der Waals surface area contributed by atoms with Crippen molar-refractivity contribution < 1.29 is 4.79 Å². The molecular formula is C8H13N3O. The molecule has 1 heterocycles. The fraction of sp³-hybridized carbons (Fsp3) is 0.500. The lowest BCUT2D eigenvalue weighted by molar-refractivity contribution is 0.101. The zero-order valence-electron chi connectivity index (χ0n) is 7.83. The van der Waals surface area contributed by atoms with Crippen LogP contribution in [0.3, 0.4) is 0 Å². The van der Waals surface area contributed by atoms with Gasteiger partial charge in [0.25, 0.3) is 0 Å². The van der Waals surface area contributed by atoms with Crippen molar-refractivity contribution in [3.8, 4) is 0 Å². The van der Waals surface area contributed by atoms with Crippen LogP contribution in [0.15, 0.2) is 6.20 Å². The minimum Gasteiger partial charge on any atom is -0.348 e. The Morgan fingerprint density at radius 2 is 2.17 bits per heavy atom. The number of carbonyl (C=O) groups is 1. The van der Waals surface area contributed by atoms with Gasteiger partial charge in [0.2, 0.25) is 5.95 Å². The molecule has 0 N–H and O–H groups in total. The normalized spacial score (nSPS) is 10.0. The molecule has 1 rings (SSSR count). The fourth-order valence-corrected chi connectivity index (χ4v) is 1.14. The first-order chi connectivity index (χ1) is 5.54. The molecule has 0 saturated carbocycles. The highest BCUT2D eigenvalue weighted by Gasteiger charge is 2.10. The van der Waals surface area contributed by atoms with E-state index in [4.69, 9.17) is 0 Å². The predicted octanol–water partition coefficient (Wildman–Crippen LogP) is 0.689. The molecule has 0 spiro atoms. The number of Topliss-reactive ketones (excluding diaryl/α,β-unsaturated/α-hetero) is 1. The van der Waals surface area contributed by atoms with Crippen LogP contribution in [0.5, 0.6) is 0 Å². The summed E-state index contributed by atoms with van der Waals surface area (Å²) < 4.78 is 1.78. The summed E-state index contributed by atoms with van der Waals surface area (Å²) in [6, 6.07) is 0. The van der Waals surface area contributed by atoms with E-state index in [2.05, 4.69) is 4.98 Å². The SMILES string of the molecule is CC(=O)c1cnc(N(C)C)n1C. The third-order valence-electron chi connectivity index (χ3n) is 1.72. The van der Waals surface area contributed by atoms with Gasteiger partial charge in [0.15, 0.2) is 5.78 Å². The molecule has 1 aromatic heterocycles. The summed E-state index contributed by atoms with van der Waals surface area (Å²) >= 11 is 0. The largest absolute Gasteiger partial charge is 0.348 e. The Hall–Kier alpha value is -1.32. The maximum absolute atomic E-state index is 11.0. The third-order valence-corrected chi connectivity index (χ3v) is 1.72. The summed E-state index contributed by atoms with van der Waals surface area (Å²) in [5.74, 6) is 0.832. The number of nitrogens with zero attached hydrogens (tertiary/aromatic N) is 3. The molecule has 66 valence electrons. The molecule has 0 saturated heterocycles. The van der Waals surface area contributed by atoms with Gasteiger partial charge < -0.3 is 9.47 Å². The van der Waals surface area contributed by atoms with Crippen LogP contribution in [0, 0.1) is 0 Å². The molecular weight excluding hydrogens is 154 g/mol. The van der Waals surface area contributed by atoms with E-state index in [9.17, 15) is 4.79 Å². The van der Waals surface area contributed by atoms with Gasteiger partial charge in [0.1, 0.15) is 5.69 Å². The molecule has 0 fully saturated rings. The van der Waals surface area contributed by atoms with Crippen molar-refractivity contribution in [1.82, 2.24) is 9.55 Å². The van der Waals surface area contributed by atoms with Crippen LogP contribution in [0.2, 0.25) is 0 Å². The van der Waals surface area contributed by atoms with Crippen molar-refractivity contribution in [3.63, 3.8) is 0 Å². The zero-order valence-corrected chi connectivity index (χ0v) is 7.83. The molecule has 0 aliphatic carbocycles. The monoisotopic (exact) mass is 167 g/mol. The van der Waals surface area contributed by atoms with Crippen molar-refractivity contribution >= 4 is 11.7 Å². The molecule has 4 nitrogen and oxygen atoms in total. The molecule has 0 amide bonds. The number of imidazole rings is 1. The average Bonchev–Trinajstić information content (AvgIpc) is 2.30. The Labute approximate surface area is 71.8 Å². The van der Waals surface area contributed by atoms with Gasteiger partial charge in [-0.25, -0.2) is 4.98 Å². The van der Waals surface area contributed by atoms with Gasteiger partial charge >= 0.3 is 0 Å². The molecule has 1 aromatic rings. The van der Waals surface area contributed by atoms with Gasteiger partial charge in [-0.3, -0.25) is 4.79 Å². The second-order valence-electron chi connectivity index (χ2n) is 2.95. The topological polar surface area (TPSA) is 38.1 Å². The number of hydrogen-bond acceptors (Lipinski definition) is 3. The van der Waals surface area contributed by atoms with Crippen LogP contribution in [0.1, 0.15) is 17.4 Å². The Morgan fingerprint density at radius 3 is 2.42 bits per heavy atom. The Bertz CT molecular complexity index is 301. The van der Waals surface area contributed by atoms with Crippen molar-refractivity contribution in [2.45, 2.75) is 6.92 Å². The Balaban J connectivity index is 3.13. The molecule has 0 unspecified atom stereocenters. The van der Waals surface area contributed by atoms with Crippen LogP contribution in [-0.2, 0) is 7.05 Å². The van der Waals surface area contributed by atoms with Gasteiger partial charge in [-0.2, -0.15) is 0 Å². The zero-order chi connectivity index (χ0) is 9.30. The molecule has 0 aromatic carbocycles. The average molecular weight is 167 g/mol. The Kier molecular flexibility index (Phi) is 2.17. The molecule has 12 heavy (non-hydrogen) atoms. The van der Waals surface area contributed by atoms with E-state index >= 15 is 0 Å². The van der Waals surface area contributed by atoms with E-state index in [0.717, 1.165) is 5.95 Å². The van der Waals surface area contributed by atoms with E-state index in [0.29, 0.717) is 5.69 Å². The highest BCUT2D eigenvalue weighted by Crippen LogP contribution is 2.10. The van der Waals surface area contributed by atoms with Gasteiger partial charge in [0, 0.05) is 28.1 Å². The number of rotatable bonds is 2. The van der Waals surface area contributed by atoms with Crippen LogP contribution < -0.4 is 4.90 Å². The summed E-state index contributed by atoms with van der Waals surface area (Å²) in [6.07, 6.45) is 1.59. The van der Waals surface area contributed by atoms with E-state index < -0.39 is 0 Å². The fourth-order valence-electron chi connectivity index (χ4n) is 1.14. The van der Waals surface area contributed by atoms with Crippen LogP contribution in [0.4, 0.5) is 5.95 Å². The molecule has 0 bridgehead atoms. The minimum absolute atomic E-state index is 0.0399. The lowest BCUT2D eigenvalue weighted by atomic mass is 10.3. The number of ketones is 1. The van der Waals surface area contributed by atoms with Crippen LogP contribution >= 0.6 is 0 Å². The quantitative estimate of drug-likeness (QED) is 0.608. The van der Waals surface area contributed by atoms with Gasteiger partial charge in [-0.1, -0.05) is 0 Å². The first-order valence-electron chi connectivity index (χ1n) is 3.74. The summed E-state index contributed by atoms with van der Waals surface area (Å²) in [6.45, 7) is 1.54. The van der Waals surface area contributed by atoms with Crippen molar-refractivity contribution in [1.29, 1.82) is 0 Å². The van der Waals surface area contributed by atoms with Crippen molar-refractivity contribution in [2.24, 2.45) is 7.05 Å². The second-order valence-corrected chi connectivity index (χ2v) is 2.95. The van der Waals surface area contributed by atoms with Crippen molar-refractivity contribution in [3.05, 3.63) is 11.9 Å². The smallest absolute Gasteiger partial charge is 0.205 e. The molecule has 0 aliphatic heterocycles. The van der Waals surface area contributed by atoms with Gasteiger partial charge in [-0.05, 0) is 0 Å². The molecule has 0 atom stereocenters. The lowest BCUT2D eigenvalue weighted by Crippen LogP contribution is -2.15. The predicted molar refractivity (Wildman–Crippen MR) is 47.5 cm³/mol. The summed E-state index contributed by atoms with van der Waals surface area (Å²) in [7, 11) is 5.62. The Morgan fingerprint density at radius 1 is 1.58 bits per heavy atom. The first-order valence-corrected chi connectivity index (χ1v) is 3.74. The van der Waals surface area contributed by atoms with Gasteiger partial charge in [-0.15, -0.1) is 0 Å². The summed E-state index contributed by atoms with van der Waals surface area (Å²) in [5.41, 5.74) is 0.638. The van der Waals surface area contributed by atoms with Crippen LogP contribution in [-0.4, -0.2) is 29.4 Å². The van der Waals surface area contributed by atoms with Crippen LogP contribution in [0.25, 0.3) is 0 Å². The highest BCUT2D eigenvalue weighted by atomic mass is 16.1. The maximum atomic E-state index is 11.0. The third kappa shape index (κ3) is 1.32. The van der Waals surface area contributed by atoms with E-state index in [1.54, 1.807) is 10.8 Å². The number of carbonyl (C=O) groups excluding carboxylic acids is 1. The highest BCUT2D eigenvalue weighted by molar-refractivity contribution is 5.92. The van der Waals surface area contributed by atoms with E-state index in [-0.39, 0.29) is 5.78 Å². The standard InChI is InChI=1S/C8H13N3O/c1-6(12)7-5-9-8(10(2)3)11(7)4/h5H,1-4H3. The number of aromatic nitrogens is 2. The summed E-state index contributed by atoms with van der Waals surface area (Å²) in [5, 5.41) is 0. The minimum atomic E-state index is 0.0399. The van der Waals surface area contributed by atoms with E-state index in [1.807, 2.05) is 26.0 Å². The van der Waals surface area contributed by atoms with Crippen molar-refractivity contribution in [2.75, 3.05) is 19.0 Å². The molecule has 4 heteroatoms.